The minimum absolute atomic E-state index is 0.0409. The lowest BCUT2D eigenvalue weighted by atomic mass is 10.2. The Morgan fingerprint density at radius 2 is 2.00 bits per heavy atom. The lowest BCUT2D eigenvalue weighted by molar-refractivity contribution is 0.496. The maximum atomic E-state index is 13.9. The smallest absolute Gasteiger partial charge is 0.243 e. The standard InChI is InChI=1S/C17H17F2N3O2S2/c1-11-8-12(2)22(21-11)15(16-4-3-7-25-16)10-20-26(23,24)17-9-13(18)5-6-14(17)19/h3-9,15,20H,10H2,1-2H3/t15-/m1/s1. The van der Waals surface area contributed by atoms with Gasteiger partial charge in [0.05, 0.1) is 11.7 Å². The molecule has 9 heteroatoms. The molecule has 0 saturated carbocycles. The molecule has 1 N–H and O–H groups in total. The predicted octanol–water partition coefficient (Wildman–Crippen LogP) is 3.41. The summed E-state index contributed by atoms with van der Waals surface area (Å²) in [5, 5.41) is 6.31. The minimum Gasteiger partial charge on any atom is -0.260 e. The van der Waals surface area contributed by atoms with Crippen LogP contribution in [-0.4, -0.2) is 24.7 Å². The van der Waals surface area contributed by atoms with Crippen LogP contribution in [0.3, 0.4) is 0 Å². The summed E-state index contributed by atoms with van der Waals surface area (Å²) >= 11 is 1.47. The lowest BCUT2D eigenvalue weighted by Gasteiger charge is -2.19. The summed E-state index contributed by atoms with van der Waals surface area (Å²) in [5.74, 6) is -1.82. The van der Waals surface area contributed by atoms with Crippen LogP contribution in [0.4, 0.5) is 8.78 Å². The Hall–Kier alpha value is -2.10. The van der Waals surface area contributed by atoms with E-state index in [0.717, 1.165) is 28.4 Å². The number of rotatable bonds is 6. The Bertz CT molecular complexity index is 1010. The van der Waals surface area contributed by atoms with Gasteiger partial charge in [0.25, 0.3) is 0 Å². The van der Waals surface area contributed by atoms with Crippen molar-refractivity contribution in [3.63, 3.8) is 0 Å². The number of aryl methyl sites for hydroxylation is 2. The summed E-state index contributed by atoms with van der Waals surface area (Å²) in [7, 11) is -4.22. The van der Waals surface area contributed by atoms with E-state index in [1.165, 1.54) is 11.3 Å². The molecule has 3 aromatic rings. The second-order valence-electron chi connectivity index (χ2n) is 5.83. The molecule has 0 aliphatic heterocycles. The number of nitrogens with zero attached hydrogens (tertiary/aromatic N) is 2. The van der Waals surface area contributed by atoms with E-state index in [1.54, 1.807) is 4.68 Å². The Morgan fingerprint density at radius 3 is 2.62 bits per heavy atom. The Morgan fingerprint density at radius 1 is 1.23 bits per heavy atom. The molecule has 1 atom stereocenters. The van der Waals surface area contributed by atoms with Gasteiger partial charge in [-0.05, 0) is 49.6 Å². The Labute approximate surface area is 154 Å². The van der Waals surface area contributed by atoms with Crippen LogP contribution in [0, 0.1) is 25.5 Å². The van der Waals surface area contributed by atoms with Gasteiger partial charge in [0.15, 0.2) is 0 Å². The Balaban J connectivity index is 1.91. The van der Waals surface area contributed by atoms with Crippen LogP contribution in [-0.2, 0) is 10.0 Å². The van der Waals surface area contributed by atoms with E-state index in [-0.39, 0.29) is 6.54 Å². The SMILES string of the molecule is Cc1cc(C)n([C@H](CNS(=O)(=O)c2cc(F)ccc2F)c2cccs2)n1. The molecule has 0 fully saturated rings. The highest BCUT2D eigenvalue weighted by Crippen LogP contribution is 2.25. The van der Waals surface area contributed by atoms with E-state index in [1.807, 2.05) is 37.4 Å². The molecule has 0 radical (unpaired) electrons. The summed E-state index contributed by atoms with van der Waals surface area (Å²) in [5.41, 5.74) is 1.68. The van der Waals surface area contributed by atoms with Gasteiger partial charge < -0.3 is 0 Å². The summed E-state index contributed by atoms with van der Waals surface area (Å²) in [4.78, 5) is 0.189. The van der Waals surface area contributed by atoms with Crippen molar-refractivity contribution in [2.75, 3.05) is 6.54 Å². The zero-order valence-electron chi connectivity index (χ0n) is 14.1. The number of sulfonamides is 1. The zero-order chi connectivity index (χ0) is 18.9. The highest BCUT2D eigenvalue weighted by atomic mass is 32.2. The van der Waals surface area contributed by atoms with Crippen molar-refractivity contribution in [3.05, 3.63) is 69.7 Å². The van der Waals surface area contributed by atoms with Crippen LogP contribution in [0.2, 0.25) is 0 Å². The summed E-state index contributed by atoms with van der Waals surface area (Å²) in [6.07, 6.45) is 0. The first-order valence-corrected chi connectivity index (χ1v) is 10.1. The molecular weight excluding hydrogens is 380 g/mol. The second kappa shape index (κ2) is 7.26. The topological polar surface area (TPSA) is 64.0 Å². The average Bonchev–Trinajstić information content (AvgIpc) is 3.20. The number of nitrogens with one attached hydrogen (secondary N) is 1. The van der Waals surface area contributed by atoms with Crippen molar-refractivity contribution < 1.29 is 17.2 Å². The number of aromatic nitrogens is 2. The number of benzene rings is 1. The van der Waals surface area contributed by atoms with Gasteiger partial charge in [-0.1, -0.05) is 6.07 Å². The van der Waals surface area contributed by atoms with Gasteiger partial charge in [0, 0.05) is 17.1 Å². The van der Waals surface area contributed by atoms with Gasteiger partial charge in [-0.15, -0.1) is 11.3 Å². The molecule has 0 spiro atoms. The molecule has 0 aliphatic carbocycles. The predicted molar refractivity (Wildman–Crippen MR) is 95.7 cm³/mol. The number of thiophene rings is 1. The molecule has 2 aromatic heterocycles. The van der Waals surface area contributed by atoms with Crippen molar-refractivity contribution in [1.82, 2.24) is 14.5 Å². The highest BCUT2D eigenvalue weighted by molar-refractivity contribution is 7.89. The largest absolute Gasteiger partial charge is 0.260 e. The fourth-order valence-electron chi connectivity index (χ4n) is 2.70. The third-order valence-electron chi connectivity index (χ3n) is 3.86. The number of hydrogen-bond acceptors (Lipinski definition) is 4. The van der Waals surface area contributed by atoms with E-state index in [0.29, 0.717) is 6.07 Å². The monoisotopic (exact) mass is 397 g/mol. The van der Waals surface area contributed by atoms with E-state index in [9.17, 15) is 17.2 Å². The van der Waals surface area contributed by atoms with Crippen molar-refractivity contribution in [2.24, 2.45) is 0 Å². The molecule has 0 amide bonds. The fourth-order valence-corrected chi connectivity index (χ4v) is 4.64. The molecule has 0 saturated heterocycles. The number of halogens is 2. The normalized spacial score (nSPS) is 13.1. The van der Waals surface area contributed by atoms with Crippen molar-refractivity contribution in [2.45, 2.75) is 24.8 Å². The average molecular weight is 397 g/mol. The first kappa shape index (κ1) is 18.7. The second-order valence-corrected chi connectivity index (χ2v) is 8.54. The van der Waals surface area contributed by atoms with Crippen molar-refractivity contribution in [3.8, 4) is 0 Å². The van der Waals surface area contributed by atoms with Crippen LogP contribution in [0.25, 0.3) is 0 Å². The van der Waals surface area contributed by atoms with Crippen LogP contribution < -0.4 is 4.72 Å². The van der Waals surface area contributed by atoms with Gasteiger partial charge >= 0.3 is 0 Å². The van der Waals surface area contributed by atoms with E-state index in [2.05, 4.69) is 9.82 Å². The fraction of sp³-hybridized carbons (Fsp3) is 0.235. The third-order valence-corrected chi connectivity index (χ3v) is 6.27. The molecule has 26 heavy (non-hydrogen) atoms. The van der Waals surface area contributed by atoms with Gasteiger partial charge in [-0.2, -0.15) is 5.10 Å². The zero-order valence-corrected chi connectivity index (χ0v) is 15.7. The summed E-state index contributed by atoms with van der Waals surface area (Å²) in [6.45, 7) is 3.68. The number of hydrogen-bond donors (Lipinski definition) is 1. The van der Waals surface area contributed by atoms with Crippen LogP contribution in [0.5, 0.6) is 0 Å². The van der Waals surface area contributed by atoms with E-state index >= 15 is 0 Å². The van der Waals surface area contributed by atoms with Crippen molar-refractivity contribution >= 4 is 21.4 Å². The van der Waals surface area contributed by atoms with Gasteiger partial charge in [-0.25, -0.2) is 21.9 Å². The van der Waals surface area contributed by atoms with Crippen LogP contribution in [0.1, 0.15) is 22.3 Å². The molecule has 3 rings (SSSR count). The molecule has 1 aromatic carbocycles. The lowest BCUT2D eigenvalue weighted by Crippen LogP contribution is -2.32. The summed E-state index contributed by atoms with van der Waals surface area (Å²) in [6, 6.07) is 7.57. The maximum Gasteiger partial charge on any atom is 0.243 e. The molecule has 138 valence electrons. The highest BCUT2D eigenvalue weighted by Gasteiger charge is 2.24. The third kappa shape index (κ3) is 3.84. The molecule has 2 heterocycles. The molecular formula is C17H17F2N3O2S2. The van der Waals surface area contributed by atoms with Gasteiger partial charge in [0.2, 0.25) is 10.0 Å². The van der Waals surface area contributed by atoms with Crippen molar-refractivity contribution in [1.29, 1.82) is 0 Å². The maximum absolute atomic E-state index is 13.9. The van der Waals surface area contributed by atoms with Crippen LogP contribution in [0.15, 0.2) is 46.7 Å². The molecule has 5 nitrogen and oxygen atoms in total. The minimum atomic E-state index is -4.22. The van der Waals surface area contributed by atoms with Gasteiger partial charge in [-0.3, -0.25) is 4.68 Å². The molecule has 0 aliphatic rings. The molecule has 0 unspecified atom stereocenters. The summed E-state index contributed by atoms with van der Waals surface area (Å²) < 4.78 is 56.2. The van der Waals surface area contributed by atoms with Crippen LogP contribution >= 0.6 is 11.3 Å². The first-order chi connectivity index (χ1) is 12.3. The van der Waals surface area contributed by atoms with E-state index in [4.69, 9.17) is 0 Å². The quantitative estimate of drug-likeness (QED) is 0.693. The first-order valence-electron chi connectivity index (χ1n) is 7.79. The van der Waals surface area contributed by atoms with Gasteiger partial charge in [0.1, 0.15) is 16.5 Å². The molecule has 0 bridgehead atoms. The Kier molecular flexibility index (Phi) is 5.22. The van der Waals surface area contributed by atoms with E-state index < -0.39 is 32.6 Å².